The third-order valence-electron chi connectivity index (χ3n) is 2.02. The van der Waals surface area contributed by atoms with Crippen LogP contribution in [0.15, 0.2) is 5.16 Å². The van der Waals surface area contributed by atoms with Gasteiger partial charge in [-0.05, 0) is 13.3 Å². The molecule has 0 aromatic carbocycles. The molecule has 82 valence electrons. The van der Waals surface area contributed by atoms with Crippen LogP contribution in [0.1, 0.15) is 27.2 Å². The van der Waals surface area contributed by atoms with Gasteiger partial charge in [0.05, 0.1) is 6.61 Å². The van der Waals surface area contributed by atoms with Gasteiger partial charge < -0.3 is 9.73 Å². The summed E-state index contributed by atoms with van der Waals surface area (Å²) in [6.45, 7) is 5.42. The number of hydrogen-bond acceptors (Lipinski definition) is 5. The third-order valence-corrected chi connectivity index (χ3v) is 5.02. The highest BCUT2D eigenvalue weighted by molar-refractivity contribution is 7.79. The Bertz CT molecular complexity index is 264. The largest absolute Gasteiger partial charge is 0.410 e. The summed E-state index contributed by atoms with van der Waals surface area (Å²) < 4.78 is 17.2. The van der Waals surface area contributed by atoms with Crippen LogP contribution in [0, 0.1) is 0 Å². The summed E-state index contributed by atoms with van der Waals surface area (Å²) in [5.41, 5.74) is -0.716. The Morgan fingerprint density at radius 1 is 1.64 bits per heavy atom. The van der Waals surface area contributed by atoms with E-state index >= 15 is 0 Å². The molecule has 0 aromatic heterocycles. The van der Waals surface area contributed by atoms with Crippen LogP contribution in [0.5, 0.6) is 0 Å². The maximum absolute atomic E-state index is 12.2. The Morgan fingerprint density at radius 3 is 2.50 bits per heavy atom. The molecule has 0 aliphatic heterocycles. The molecule has 0 saturated heterocycles. The van der Waals surface area contributed by atoms with Crippen LogP contribution in [0.3, 0.4) is 0 Å². The quantitative estimate of drug-likeness (QED) is 0.245. The van der Waals surface area contributed by atoms with E-state index < -0.39 is 12.8 Å². The Kier molecular flexibility index (Phi) is 5.65. The van der Waals surface area contributed by atoms with Gasteiger partial charge in [-0.1, -0.05) is 19.0 Å². The minimum absolute atomic E-state index is 0.217. The van der Waals surface area contributed by atoms with E-state index in [9.17, 15) is 9.36 Å². The molecular formula is C8H16NO4P. The van der Waals surface area contributed by atoms with E-state index in [1.165, 1.54) is 0 Å². The lowest BCUT2D eigenvalue weighted by Gasteiger charge is -2.21. The van der Waals surface area contributed by atoms with Crippen LogP contribution < -0.4 is 0 Å². The lowest BCUT2D eigenvalue weighted by atomic mass is 10.4. The average Bonchev–Trinajstić information content (AvgIpc) is 2.18. The van der Waals surface area contributed by atoms with Crippen molar-refractivity contribution in [3.05, 3.63) is 0 Å². The van der Waals surface area contributed by atoms with Gasteiger partial charge in [-0.25, -0.2) is 0 Å². The number of hydrogen-bond donors (Lipinski definition) is 1. The number of rotatable bonds is 6. The first-order chi connectivity index (χ1) is 6.56. The molecule has 0 bridgehead atoms. The molecule has 0 fully saturated rings. The van der Waals surface area contributed by atoms with E-state index in [1.54, 1.807) is 13.8 Å². The molecule has 0 rings (SSSR count). The fraction of sp³-hybridized carbons (Fsp3) is 0.750. The highest BCUT2D eigenvalue weighted by Gasteiger charge is 2.36. The van der Waals surface area contributed by atoms with Gasteiger partial charge in [0.2, 0.25) is 5.45 Å². The first-order valence-electron chi connectivity index (χ1n) is 4.48. The van der Waals surface area contributed by atoms with Crippen LogP contribution in [-0.2, 0) is 13.9 Å². The molecule has 0 aliphatic rings. The molecule has 0 amide bonds. The lowest BCUT2D eigenvalue weighted by molar-refractivity contribution is -0.102. The molecule has 6 heteroatoms. The first kappa shape index (κ1) is 13.3. The van der Waals surface area contributed by atoms with E-state index in [4.69, 9.17) is 9.73 Å². The number of nitrogens with zero attached hydrogens (tertiary/aromatic N) is 1. The topological polar surface area (TPSA) is 76.0 Å². The fourth-order valence-electron chi connectivity index (χ4n) is 1.01. The van der Waals surface area contributed by atoms with Gasteiger partial charge in [0.15, 0.2) is 6.29 Å². The van der Waals surface area contributed by atoms with Crippen molar-refractivity contribution in [1.82, 2.24) is 0 Å². The van der Waals surface area contributed by atoms with E-state index in [2.05, 4.69) is 5.16 Å². The molecule has 0 saturated carbocycles. The van der Waals surface area contributed by atoms with Gasteiger partial charge in [0, 0.05) is 5.66 Å². The minimum Gasteiger partial charge on any atom is -0.410 e. The van der Waals surface area contributed by atoms with Crippen molar-refractivity contribution in [3.8, 4) is 0 Å². The predicted molar refractivity (Wildman–Crippen MR) is 54.3 cm³/mol. The van der Waals surface area contributed by atoms with Crippen molar-refractivity contribution in [3.63, 3.8) is 0 Å². The van der Waals surface area contributed by atoms with Crippen molar-refractivity contribution in [2.24, 2.45) is 5.16 Å². The van der Waals surface area contributed by atoms with Crippen molar-refractivity contribution in [2.45, 2.75) is 32.9 Å². The van der Waals surface area contributed by atoms with Crippen molar-refractivity contribution >= 4 is 19.1 Å². The predicted octanol–water partition coefficient (Wildman–Crippen LogP) is 2.09. The standard InChI is InChI=1S/C8H16NO4P/c1-4-7(3)14(12,13-5-2)8(6-10)9-11/h6-7,11H,4-5H2,1-3H3/b9-8-. The normalized spacial score (nSPS) is 18.6. The highest BCUT2D eigenvalue weighted by atomic mass is 31.2. The van der Waals surface area contributed by atoms with E-state index in [0.717, 1.165) is 0 Å². The molecule has 5 nitrogen and oxygen atoms in total. The van der Waals surface area contributed by atoms with Crippen LogP contribution in [0.2, 0.25) is 0 Å². The summed E-state index contributed by atoms with van der Waals surface area (Å²) in [7, 11) is -3.29. The summed E-state index contributed by atoms with van der Waals surface area (Å²) >= 11 is 0. The van der Waals surface area contributed by atoms with Crippen molar-refractivity contribution in [2.75, 3.05) is 6.61 Å². The van der Waals surface area contributed by atoms with Crippen LogP contribution >= 0.6 is 7.37 Å². The van der Waals surface area contributed by atoms with E-state index in [1.807, 2.05) is 6.92 Å². The second-order valence-electron chi connectivity index (χ2n) is 2.85. The number of aldehydes is 1. The summed E-state index contributed by atoms with van der Waals surface area (Å²) in [6.07, 6.45) is 0.868. The van der Waals surface area contributed by atoms with Gasteiger partial charge >= 0.3 is 0 Å². The molecule has 0 radical (unpaired) electrons. The maximum atomic E-state index is 12.2. The average molecular weight is 221 g/mol. The second kappa shape index (κ2) is 5.94. The zero-order chi connectivity index (χ0) is 11.2. The second-order valence-corrected chi connectivity index (χ2v) is 5.64. The Morgan fingerprint density at radius 2 is 2.21 bits per heavy atom. The van der Waals surface area contributed by atoms with Gasteiger partial charge in [-0.2, -0.15) is 0 Å². The molecule has 2 unspecified atom stereocenters. The van der Waals surface area contributed by atoms with E-state index in [0.29, 0.717) is 6.42 Å². The van der Waals surface area contributed by atoms with Gasteiger partial charge in [-0.3, -0.25) is 9.36 Å². The SMILES string of the molecule is CCOP(=O)(/C(C=O)=N\O)C(C)CC. The Hall–Kier alpha value is -0.670. The summed E-state index contributed by atoms with van der Waals surface area (Å²) in [4.78, 5) is 10.5. The zero-order valence-electron chi connectivity index (χ0n) is 8.64. The molecule has 14 heavy (non-hydrogen) atoms. The van der Waals surface area contributed by atoms with Crippen molar-refractivity contribution < 1.29 is 19.1 Å². The number of oxime groups is 1. The van der Waals surface area contributed by atoms with Gasteiger partial charge in [-0.15, -0.1) is 0 Å². The summed E-state index contributed by atoms with van der Waals surface area (Å²) in [5.74, 6) is 0. The molecule has 0 aromatic rings. The monoisotopic (exact) mass is 221 g/mol. The lowest BCUT2D eigenvalue weighted by Crippen LogP contribution is -2.15. The van der Waals surface area contributed by atoms with E-state index in [-0.39, 0.29) is 18.6 Å². The minimum atomic E-state index is -3.29. The third kappa shape index (κ3) is 2.66. The summed E-state index contributed by atoms with van der Waals surface area (Å²) in [5, 5.41) is 11.3. The Balaban J connectivity index is 5.08. The van der Waals surface area contributed by atoms with Gasteiger partial charge in [0.1, 0.15) is 0 Å². The Labute approximate surface area is 83.6 Å². The van der Waals surface area contributed by atoms with Crippen LogP contribution in [-0.4, -0.2) is 29.2 Å². The smallest absolute Gasteiger partial charge is 0.259 e. The van der Waals surface area contributed by atoms with Crippen LogP contribution in [0.25, 0.3) is 0 Å². The fourth-order valence-corrected chi connectivity index (χ4v) is 2.98. The maximum Gasteiger partial charge on any atom is 0.259 e. The number of carbonyl (C=O) groups excluding carboxylic acids is 1. The van der Waals surface area contributed by atoms with Crippen molar-refractivity contribution in [1.29, 1.82) is 0 Å². The highest BCUT2D eigenvalue weighted by Crippen LogP contribution is 2.53. The molecule has 0 heterocycles. The number of carbonyl (C=O) groups is 1. The molecule has 1 N–H and O–H groups in total. The zero-order valence-corrected chi connectivity index (χ0v) is 9.53. The molecule has 2 atom stereocenters. The summed E-state index contributed by atoms with van der Waals surface area (Å²) in [6, 6.07) is 0. The first-order valence-corrected chi connectivity index (χ1v) is 6.18. The molecule has 0 aliphatic carbocycles. The van der Waals surface area contributed by atoms with Gasteiger partial charge in [0.25, 0.3) is 7.37 Å². The molecule has 0 spiro atoms. The van der Waals surface area contributed by atoms with Crippen LogP contribution in [0.4, 0.5) is 0 Å². The molecular weight excluding hydrogens is 205 g/mol.